The van der Waals surface area contributed by atoms with Crippen molar-refractivity contribution in [3.63, 3.8) is 0 Å². The number of hydrogen-bond donors (Lipinski definition) is 1. The number of aromatic hydroxyl groups is 1. The molecule has 0 radical (unpaired) electrons. The molecule has 0 unspecified atom stereocenters. The zero-order chi connectivity index (χ0) is 14.7. The van der Waals surface area contributed by atoms with E-state index in [9.17, 15) is 5.11 Å². The number of rotatable bonds is 3. The zero-order valence-corrected chi connectivity index (χ0v) is 12.5. The smallest absolute Gasteiger partial charge is 0.154 e. The molecule has 1 aromatic carbocycles. The van der Waals surface area contributed by atoms with Crippen LogP contribution in [0, 0.1) is 6.92 Å². The van der Waals surface area contributed by atoms with E-state index in [1.165, 1.54) is 19.3 Å². The highest BCUT2D eigenvalue weighted by molar-refractivity contribution is 5.27. The van der Waals surface area contributed by atoms with E-state index in [1.807, 2.05) is 25.1 Å². The van der Waals surface area contributed by atoms with Crippen LogP contribution in [0.3, 0.4) is 0 Å². The van der Waals surface area contributed by atoms with Gasteiger partial charge in [0.1, 0.15) is 5.75 Å². The molecule has 2 heterocycles. The first-order chi connectivity index (χ1) is 10.2. The van der Waals surface area contributed by atoms with Gasteiger partial charge in [-0.15, -0.1) is 0 Å². The molecular weight excluding hydrogens is 264 g/mol. The average Bonchev–Trinajstić information content (AvgIpc) is 2.75. The fourth-order valence-electron chi connectivity index (χ4n) is 3.11. The van der Waals surface area contributed by atoms with Crippen LogP contribution in [0.4, 0.5) is 0 Å². The Hall–Kier alpha value is -1.81. The molecule has 4 heteroatoms. The van der Waals surface area contributed by atoms with Gasteiger partial charge in [0.2, 0.25) is 0 Å². The van der Waals surface area contributed by atoms with Gasteiger partial charge in [0.25, 0.3) is 0 Å². The molecule has 0 bridgehead atoms. The van der Waals surface area contributed by atoms with Crippen LogP contribution < -0.4 is 0 Å². The molecule has 1 aliphatic heterocycles. The minimum atomic E-state index is 0.288. The predicted octanol–water partition coefficient (Wildman–Crippen LogP) is 3.81. The molecule has 21 heavy (non-hydrogen) atoms. The molecule has 4 nitrogen and oxygen atoms in total. The van der Waals surface area contributed by atoms with Crippen molar-refractivity contribution >= 4 is 0 Å². The maximum atomic E-state index is 9.64. The molecule has 0 spiro atoms. The van der Waals surface area contributed by atoms with Crippen LogP contribution >= 0.6 is 0 Å². The lowest BCUT2D eigenvalue weighted by Gasteiger charge is -2.28. The first-order valence-corrected chi connectivity index (χ1v) is 7.67. The number of phenols is 1. The van der Waals surface area contributed by atoms with Gasteiger partial charge >= 0.3 is 0 Å². The van der Waals surface area contributed by atoms with E-state index in [0.29, 0.717) is 5.75 Å². The summed E-state index contributed by atoms with van der Waals surface area (Å²) in [5.41, 5.74) is 2.07. The fraction of sp³-hybridized carbons (Fsp3) is 0.471. The van der Waals surface area contributed by atoms with Crippen molar-refractivity contribution < 1.29 is 9.63 Å². The van der Waals surface area contributed by atoms with Crippen molar-refractivity contribution in [2.24, 2.45) is 0 Å². The lowest BCUT2D eigenvalue weighted by atomic mass is 10.1. The van der Waals surface area contributed by atoms with E-state index in [2.05, 4.69) is 16.1 Å². The number of aryl methyl sites for hydroxylation is 1. The van der Waals surface area contributed by atoms with Crippen molar-refractivity contribution in [2.75, 3.05) is 6.54 Å². The number of nitrogens with zero attached hydrogens (tertiary/aromatic N) is 2. The molecule has 1 N–H and O–H groups in total. The second-order valence-corrected chi connectivity index (χ2v) is 5.88. The van der Waals surface area contributed by atoms with Gasteiger partial charge < -0.3 is 9.63 Å². The SMILES string of the molecule is Cc1cc([C@@H]2CCCCCN2Cc2cccc(O)c2)on1. The predicted molar refractivity (Wildman–Crippen MR) is 81.0 cm³/mol. The largest absolute Gasteiger partial charge is 0.508 e. The van der Waals surface area contributed by atoms with Gasteiger partial charge in [0, 0.05) is 12.6 Å². The number of phenolic OH excluding ortho intramolecular Hbond substituents is 1. The molecule has 1 fully saturated rings. The first kappa shape index (κ1) is 14.1. The molecule has 0 aliphatic carbocycles. The maximum Gasteiger partial charge on any atom is 0.154 e. The Morgan fingerprint density at radius 3 is 2.95 bits per heavy atom. The van der Waals surface area contributed by atoms with Crippen molar-refractivity contribution in [1.29, 1.82) is 0 Å². The van der Waals surface area contributed by atoms with Crippen molar-refractivity contribution in [2.45, 2.75) is 45.2 Å². The summed E-state index contributed by atoms with van der Waals surface area (Å²) in [6.45, 7) is 3.85. The quantitative estimate of drug-likeness (QED) is 0.932. The van der Waals surface area contributed by atoms with Crippen LogP contribution in [0.5, 0.6) is 5.75 Å². The van der Waals surface area contributed by atoms with Gasteiger partial charge in [-0.05, 0) is 44.0 Å². The van der Waals surface area contributed by atoms with E-state index in [0.717, 1.165) is 36.5 Å². The zero-order valence-electron chi connectivity index (χ0n) is 12.5. The molecular formula is C17H22N2O2. The highest BCUT2D eigenvalue weighted by Gasteiger charge is 2.25. The highest BCUT2D eigenvalue weighted by atomic mass is 16.5. The van der Waals surface area contributed by atoms with E-state index < -0.39 is 0 Å². The van der Waals surface area contributed by atoms with Crippen LogP contribution in [0.1, 0.15) is 48.7 Å². The summed E-state index contributed by atoms with van der Waals surface area (Å²) in [5, 5.41) is 13.7. The Balaban J connectivity index is 1.81. The van der Waals surface area contributed by atoms with Gasteiger partial charge in [-0.1, -0.05) is 30.1 Å². The number of aromatic nitrogens is 1. The van der Waals surface area contributed by atoms with Gasteiger partial charge in [-0.2, -0.15) is 0 Å². The normalized spacial score (nSPS) is 20.3. The molecule has 3 rings (SSSR count). The van der Waals surface area contributed by atoms with E-state index in [1.54, 1.807) is 6.07 Å². The Morgan fingerprint density at radius 1 is 1.29 bits per heavy atom. The lowest BCUT2D eigenvalue weighted by molar-refractivity contribution is 0.160. The maximum absolute atomic E-state index is 9.64. The molecule has 1 atom stereocenters. The lowest BCUT2D eigenvalue weighted by Crippen LogP contribution is -2.27. The molecule has 1 aromatic heterocycles. The monoisotopic (exact) mass is 286 g/mol. The van der Waals surface area contributed by atoms with E-state index in [-0.39, 0.29) is 6.04 Å². The van der Waals surface area contributed by atoms with Gasteiger partial charge in [0.15, 0.2) is 5.76 Å². The topological polar surface area (TPSA) is 49.5 Å². The molecule has 2 aromatic rings. The fourth-order valence-corrected chi connectivity index (χ4v) is 3.11. The van der Waals surface area contributed by atoms with Gasteiger partial charge in [-0.25, -0.2) is 0 Å². The third-order valence-corrected chi connectivity index (χ3v) is 4.13. The second kappa shape index (κ2) is 6.31. The Kier molecular flexibility index (Phi) is 4.25. The van der Waals surface area contributed by atoms with Crippen LogP contribution in [-0.4, -0.2) is 21.7 Å². The summed E-state index contributed by atoms with van der Waals surface area (Å²) in [6.07, 6.45) is 4.80. The summed E-state index contributed by atoms with van der Waals surface area (Å²) >= 11 is 0. The highest BCUT2D eigenvalue weighted by Crippen LogP contribution is 2.32. The minimum Gasteiger partial charge on any atom is -0.508 e. The van der Waals surface area contributed by atoms with Crippen molar-refractivity contribution in [1.82, 2.24) is 10.1 Å². The van der Waals surface area contributed by atoms with Crippen molar-refractivity contribution in [3.05, 3.63) is 47.3 Å². The van der Waals surface area contributed by atoms with Crippen LogP contribution in [0.2, 0.25) is 0 Å². The summed E-state index contributed by atoms with van der Waals surface area (Å²) in [7, 11) is 0. The Bertz CT molecular complexity index is 594. The van der Waals surface area contributed by atoms with Crippen LogP contribution in [-0.2, 0) is 6.54 Å². The number of benzene rings is 1. The third kappa shape index (κ3) is 3.45. The number of likely N-dealkylation sites (tertiary alicyclic amines) is 1. The molecule has 112 valence electrons. The summed E-state index contributed by atoms with van der Waals surface area (Å²) < 4.78 is 5.51. The van der Waals surface area contributed by atoms with Gasteiger partial charge in [0.05, 0.1) is 11.7 Å². The third-order valence-electron chi connectivity index (χ3n) is 4.13. The summed E-state index contributed by atoms with van der Waals surface area (Å²) in [6, 6.07) is 9.85. The second-order valence-electron chi connectivity index (χ2n) is 5.88. The minimum absolute atomic E-state index is 0.288. The van der Waals surface area contributed by atoms with Gasteiger partial charge in [-0.3, -0.25) is 4.90 Å². The summed E-state index contributed by atoms with van der Waals surface area (Å²) in [5.74, 6) is 1.30. The summed E-state index contributed by atoms with van der Waals surface area (Å²) in [4.78, 5) is 2.45. The standard InChI is InChI=1S/C17H22N2O2/c1-13-10-17(21-18-13)16-8-3-2-4-9-19(16)12-14-6-5-7-15(20)11-14/h5-7,10-11,16,20H,2-4,8-9,12H2,1H3/t16-/m0/s1. The molecule has 0 amide bonds. The van der Waals surface area contributed by atoms with Crippen molar-refractivity contribution in [3.8, 4) is 5.75 Å². The molecule has 1 aliphatic rings. The van der Waals surface area contributed by atoms with E-state index in [4.69, 9.17) is 4.52 Å². The average molecular weight is 286 g/mol. The molecule has 0 saturated carbocycles. The molecule has 1 saturated heterocycles. The Labute approximate surface area is 125 Å². The Morgan fingerprint density at radius 2 is 2.19 bits per heavy atom. The van der Waals surface area contributed by atoms with Crippen LogP contribution in [0.15, 0.2) is 34.9 Å². The van der Waals surface area contributed by atoms with Crippen LogP contribution in [0.25, 0.3) is 0 Å². The number of hydrogen-bond acceptors (Lipinski definition) is 4. The first-order valence-electron chi connectivity index (χ1n) is 7.67. The van der Waals surface area contributed by atoms with E-state index >= 15 is 0 Å².